The van der Waals surface area contributed by atoms with Crippen molar-refractivity contribution < 1.29 is 9.53 Å². The van der Waals surface area contributed by atoms with E-state index in [1.165, 1.54) is 0 Å². The van der Waals surface area contributed by atoms with Gasteiger partial charge in [-0.15, -0.1) is 0 Å². The number of nitrogens with zero attached hydrogens (tertiary/aromatic N) is 1. The van der Waals surface area contributed by atoms with E-state index in [0.29, 0.717) is 6.42 Å². The largest absolute Gasteiger partial charge is 0.461 e. The van der Waals surface area contributed by atoms with Crippen molar-refractivity contribution in [3.63, 3.8) is 0 Å². The Morgan fingerprint density at radius 2 is 2.42 bits per heavy atom. The van der Waals surface area contributed by atoms with Gasteiger partial charge in [0.25, 0.3) is 0 Å². The van der Waals surface area contributed by atoms with E-state index in [4.69, 9.17) is 10.00 Å². The van der Waals surface area contributed by atoms with Crippen molar-refractivity contribution >= 4 is 5.97 Å². The molecular formula is C9H13NO2. The summed E-state index contributed by atoms with van der Waals surface area (Å²) in [6.07, 6.45) is 1.75. The second-order valence-corrected chi connectivity index (χ2v) is 2.84. The summed E-state index contributed by atoms with van der Waals surface area (Å²) in [5.41, 5.74) is -0.571. The Morgan fingerprint density at radius 1 is 1.83 bits per heavy atom. The van der Waals surface area contributed by atoms with Gasteiger partial charge in [0.15, 0.2) is 0 Å². The molecule has 12 heavy (non-hydrogen) atoms. The van der Waals surface area contributed by atoms with Gasteiger partial charge in [-0.2, -0.15) is 5.26 Å². The van der Waals surface area contributed by atoms with Crippen molar-refractivity contribution in [3.05, 3.63) is 12.7 Å². The topological polar surface area (TPSA) is 50.1 Å². The summed E-state index contributed by atoms with van der Waals surface area (Å²) in [5, 5.41) is 8.70. The Balaban J connectivity index is 3.99. The van der Waals surface area contributed by atoms with Crippen LogP contribution in [0.2, 0.25) is 0 Å². The lowest BCUT2D eigenvalue weighted by Gasteiger charge is -2.17. The van der Waals surface area contributed by atoms with Crippen LogP contribution in [-0.2, 0) is 9.53 Å². The van der Waals surface area contributed by atoms with Crippen LogP contribution in [0, 0.1) is 16.7 Å². The molecule has 0 aromatic rings. The molecule has 0 saturated carbocycles. The lowest BCUT2D eigenvalue weighted by atomic mass is 9.91. The summed E-state index contributed by atoms with van der Waals surface area (Å²) >= 11 is 0. The third kappa shape index (κ3) is 3.20. The van der Waals surface area contributed by atoms with Crippen LogP contribution < -0.4 is 0 Å². The number of carbonyl (C=O) groups is 1. The van der Waals surface area contributed by atoms with Crippen molar-refractivity contribution in [2.45, 2.75) is 20.3 Å². The molecule has 0 aliphatic heterocycles. The summed E-state index contributed by atoms with van der Waals surface area (Å²) in [7, 11) is 0. The molecule has 0 heterocycles. The van der Waals surface area contributed by atoms with Gasteiger partial charge < -0.3 is 4.74 Å². The van der Waals surface area contributed by atoms with Crippen molar-refractivity contribution in [1.82, 2.24) is 0 Å². The van der Waals surface area contributed by atoms with Gasteiger partial charge in [0, 0.05) is 6.08 Å². The van der Waals surface area contributed by atoms with Gasteiger partial charge in [-0.05, 0) is 13.3 Å². The molecule has 3 nitrogen and oxygen atoms in total. The van der Waals surface area contributed by atoms with Gasteiger partial charge in [0.05, 0.1) is 11.5 Å². The third-order valence-corrected chi connectivity index (χ3v) is 1.75. The highest BCUT2D eigenvalue weighted by Gasteiger charge is 2.22. The molecular weight excluding hydrogens is 154 g/mol. The Kier molecular flexibility index (Phi) is 4.06. The fourth-order valence-electron chi connectivity index (χ4n) is 0.503. The molecule has 1 atom stereocenters. The molecule has 0 aromatic carbocycles. The highest BCUT2D eigenvalue weighted by Crippen LogP contribution is 2.19. The van der Waals surface area contributed by atoms with Crippen LogP contribution in [0.25, 0.3) is 0 Å². The number of esters is 1. The van der Waals surface area contributed by atoms with Crippen LogP contribution in [-0.4, -0.2) is 12.6 Å². The second-order valence-electron chi connectivity index (χ2n) is 2.84. The van der Waals surface area contributed by atoms with Gasteiger partial charge >= 0.3 is 5.97 Å². The maximum Gasteiger partial charge on any atom is 0.330 e. The number of hydrogen-bond donors (Lipinski definition) is 0. The average molecular weight is 167 g/mol. The number of hydrogen-bond acceptors (Lipinski definition) is 3. The fourth-order valence-corrected chi connectivity index (χ4v) is 0.503. The van der Waals surface area contributed by atoms with E-state index in [1.807, 2.05) is 6.92 Å². The van der Waals surface area contributed by atoms with Crippen LogP contribution in [0.15, 0.2) is 12.7 Å². The van der Waals surface area contributed by atoms with Gasteiger partial charge in [-0.3, -0.25) is 0 Å². The van der Waals surface area contributed by atoms with E-state index < -0.39 is 11.4 Å². The zero-order valence-corrected chi connectivity index (χ0v) is 7.46. The first-order valence-electron chi connectivity index (χ1n) is 3.78. The summed E-state index contributed by atoms with van der Waals surface area (Å²) in [4.78, 5) is 10.6. The van der Waals surface area contributed by atoms with E-state index in [1.54, 1.807) is 6.92 Å². The zero-order chi connectivity index (χ0) is 9.61. The van der Waals surface area contributed by atoms with Crippen LogP contribution >= 0.6 is 0 Å². The predicted octanol–water partition coefficient (Wildman–Crippen LogP) is 1.66. The first-order valence-corrected chi connectivity index (χ1v) is 3.78. The molecule has 0 radical (unpaired) electrons. The monoisotopic (exact) mass is 167 g/mol. The molecule has 1 unspecified atom stereocenters. The quantitative estimate of drug-likeness (QED) is 0.472. The van der Waals surface area contributed by atoms with E-state index >= 15 is 0 Å². The highest BCUT2D eigenvalue weighted by atomic mass is 16.5. The maximum absolute atomic E-state index is 10.6. The summed E-state index contributed by atoms with van der Waals surface area (Å²) in [6, 6.07) is 2.10. The average Bonchev–Trinajstić information content (AvgIpc) is 2.13. The Bertz CT molecular complexity index is 217. The molecule has 0 aromatic heterocycles. The van der Waals surface area contributed by atoms with E-state index in [0.717, 1.165) is 6.08 Å². The molecule has 0 amide bonds. The molecule has 0 aliphatic rings. The minimum Gasteiger partial charge on any atom is -0.461 e. The zero-order valence-electron chi connectivity index (χ0n) is 7.46. The first kappa shape index (κ1) is 10.7. The standard InChI is InChI=1S/C9H13NO2/c1-4-8(11)12-7-9(3,5-2)6-10/h4H,1,5,7H2,2-3H3. The second kappa shape index (κ2) is 4.55. The first-order chi connectivity index (χ1) is 5.58. The molecule has 66 valence electrons. The predicted molar refractivity (Wildman–Crippen MR) is 45.2 cm³/mol. The minimum absolute atomic E-state index is 0.130. The molecule has 3 heteroatoms. The van der Waals surface area contributed by atoms with Crippen molar-refractivity contribution in [1.29, 1.82) is 5.26 Å². The smallest absolute Gasteiger partial charge is 0.330 e. The normalized spacial score (nSPS) is 14.1. The van der Waals surface area contributed by atoms with Crippen molar-refractivity contribution in [2.75, 3.05) is 6.61 Å². The lowest BCUT2D eigenvalue weighted by molar-refractivity contribution is -0.140. The number of rotatable bonds is 4. The minimum atomic E-state index is -0.571. The highest BCUT2D eigenvalue weighted by molar-refractivity contribution is 5.81. The number of ether oxygens (including phenoxy) is 1. The van der Waals surface area contributed by atoms with Crippen LogP contribution in [0.5, 0.6) is 0 Å². The Morgan fingerprint density at radius 3 is 2.75 bits per heavy atom. The summed E-state index contributed by atoms with van der Waals surface area (Å²) < 4.78 is 4.76. The summed E-state index contributed by atoms with van der Waals surface area (Å²) in [5.74, 6) is -0.482. The molecule has 0 spiro atoms. The molecule has 0 saturated heterocycles. The molecule has 0 fully saturated rings. The van der Waals surface area contributed by atoms with E-state index in [-0.39, 0.29) is 6.61 Å². The van der Waals surface area contributed by atoms with Crippen LogP contribution in [0.3, 0.4) is 0 Å². The fraction of sp³-hybridized carbons (Fsp3) is 0.556. The number of nitriles is 1. The molecule has 0 bridgehead atoms. The number of carbonyl (C=O) groups excluding carboxylic acids is 1. The van der Waals surface area contributed by atoms with Gasteiger partial charge in [-0.1, -0.05) is 13.5 Å². The van der Waals surface area contributed by atoms with E-state index in [9.17, 15) is 4.79 Å². The Labute approximate surface area is 72.6 Å². The van der Waals surface area contributed by atoms with Crippen molar-refractivity contribution in [3.8, 4) is 6.07 Å². The summed E-state index contributed by atoms with van der Waals surface area (Å²) in [6.45, 7) is 7.02. The van der Waals surface area contributed by atoms with Gasteiger partial charge in [0.1, 0.15) is 6.61 Å². The molecule has 0 aliphatic carbocycles. The molecule has 0 rings (SSSR count). The molecule has 0 N–H and O–H groups in total. The van der Waals surface area contributed by atoms with Crippen LogP contribution in [0.1, 0.15) is 20.3 Å². The van der Waals surface area contributed by atoms with Gasteiger partial charge in [0.2, 0.25) is 0 Å². The third-order valence-electron chi connectivity index (χ3n) is 1.75. The van der Waals surface area contributed by atoms with E-state index in [2.05, 4.69) is 12.6 Å². The SMILES string of the molecule is C=CC(=O)OCC(C)(C#N)CC. The van der Waals surface area contributed by atoms with Crippen molar-refractivity contribution in [2.24, 2.45) is 5.41 Å². The lowest BCUT2D eigenvalue weighted by Crippen LogP contribution is -2.21. The Hall–Kier alpha value is -1.30. The maximum atomic E-state index is 10.6. The van der Waals surface area contributed by atoms with Gasteiger partial charge in [-0.25, -0.2) is 4.79 Å². The van der Waals surface area contributed by atoms with Crippen LogP contribution in [0.4, 0.5) is 0 Å².